The summed E-state index contributed by atoms with van der Waals surface area (Å²) in [5.74, 6) is -0.272. The number of nitrogens with one attached hydrogen (secondary N) is 2. The molecule has 2 heterocycles. The van der Waals surface area contributed by atoms with E-state index in [0.717, 1.165) is 55.7 Å². The molecule has 1 amide bonds. The first-order valence-electron chi connectivity index (χ1n) is 9.84. The Morgan fingerprint density at radius 1 is 1.22 bits per heavy atom. The Kier molecular flexibility index (Phi) is 6.61. The van der Waals surface area contributed by atoms with Crippen LogP contribution >= 0.6 is 0 Å². The Hall–Kier alpha value is -2.21. The van der Waals surface area contributed by atoms with Gasteiger partial charge in [0.05, 0.1) is 5.69 Å². The van der Waals surface area contributed by atoms with E-state index in [2.05, 4.69) is 20.4 Å². The second-order valence-electron chi connectivity index (χ2n) is 7.36. The predicted octanol–water partition coefficient (Wildman–Crippen LogP) is 3.44. The summed E-state index contributed by atoms with van der Waals surface area (Å²) < 4.78 is 13.3. The van der Waals surface area contributed by atoms with Crippen molar-refractivity contribution in [2.24, 2.45) is 0 Å². The summed E-state index contributed by atoms with van der Waals surface area (Å²) in [6.45, 7) is 6.45. The molecular formula is C21H29FN4O. The Morgan fingerprint density at radius 3 is 2.56 bits per heavy atom. The molecule has 1 aliphatic rings. The Labute approximate surface area is 160 Å². The highest BCUT2D eigenvalue weighted by Gasteiger charge is 2.28. The first kappa shape index (κ1) is 19.5. The van der Waals surface area contributed by atoms with Gasteiger partial charge in [0, 0.05) is 12.2 Å². The summed E-state index contributed by atoms with van der Waals surface area (Å²) in [6, 6.07) is 5.98. The van der Waals surface area contributed by atoms with Gasteiger partial charge in [-0.3, -0.25) is 14.8 Å². The minimum Gasteiger partial charge on any atom is -0.354 e. The molecule has 1 atom stereocenters. The van der Waals surface area contributed by atoms with Gasteiger partial charge in [-0.25, -0.2) is 4.39 Å². The molecule has 0 saturated carbocycles. The van der Waals surface area contributed by atoms with Gasteiger partial charge in [-0.2, -0.15) is 5.10 Å². The summed E-state index contributed by atoms with van der Waals surface area (Å²) in [5.41, 5.74) is 4.21. The largest absolute Gasteiger partial charge is 0.354 e. The number of carbonyl (C=O) groups is 1. The Morgan fingerprint density at radius 2 is 1.93 bits per heavy atom. The van der Waals surface area contributed by atoms with Crippen molar-refractivity contribution in [1.29, 1.82) is 0 Å². The number of carbonyl (C=O) groups excluding carboxylic acids is 1. The fourth-order valence-corrected chi connectivity index (χ4v) is 3.87. The molecule has 3 rings (SSSR count). The van der Waals surface area contributed by atoms with Gasteiger partial charge in [0.2, 0.25) is 5.91 Å². The van der Waals surface area contributed by atoms with Gasteiger partial charge >= 0.3 is 0 Å². The van der Waals surface area contributed by atoms with E-state index in [4.69, 9.17) is 0 Å². The van der Waals surface area contributed by atoms with Crippen molar-refractivity contribution in [3.05, 3.63) is 52.6 Å². The van der Waals surface area contributed by atoms with Crippen molar-refractivity contribution in [2.75, 3.05) is 19.6 Å². The van der Waals surface area contributed by atoms with Gasteiger partial charge < -0.3 is 5.32 Å². The Balaban J connectivity index is 1.61. The van der Waals surface area contributed by atoms with Crippen LogP contribution in [0.3, 0.4) is 0 Å². The van der Waals surface area contributed by atoms with E-state index < -0.39 is 0 Å². The van der Waals surface area contributed by atoms with Gasteiger partial charge in [0.15, 0.2) is 0 Å². The molecule has 0 radical (unpaired) electrons. The number of benzene rings is 1. The number of piperidine rings is 1. The van der Waals surface area contributed by atoms with E-state index in [0.29, 0.717) is 6.54 Å². The number of hydrogen-bond donors (Lipinski definition) is 2. The van der Waals surface area contributed by atoms with Crippen molar-refractivity contribution >= 4 is 5.91 Å². The maximum atomic E-state index is 13.3. The molecule has 1 unspecified atom stereocenters. The highest BCUT2D eigenvalue weighted by atomic mass is 19.1. The minimum atomic E-state index is -0.344. The number of aromatic amines is 1. The van der Waals surface area contributed by atoms with Crippen LogP contribution in [0.15, 0.2) is 24.3 Å². The third-order valence-corrected chi connectivity index (χ3v) is 5.37. The second-order valence-corrected chi connectivity index (χ2v) is 7.36. The second kappa shape index (κ2) is 9.13. The summed E-state index contributed by atoms with van der Waals surface area (Å²) in [4.78, 5) is 15.2. The quantitative estimate of drug-likeness (QED) is 0.732. The molecule has 1 aromatic carbocycles. The smallest absolute Gasteiger partial charge is 0.241 e. The van der Waals surface area contributed by atoms with E-state index in [1.807, 2.05) is 13.8 Å². The molecule has 0 aliphatic carbocycles. The lowest BCUT2D eigenvalue weighted by molar-refractivity contribution is -0.127. The molecule has 146 valence electrons. The van der Waals surface area contributed by atoms with Crippen LogP contribution in [0.5, 0.6) is 0 Å². The van der Waals surface area contributed by atoms with E-state index in [1.165, 1.54) is 24.1 Å². The number of hydrogen-bond acceptors (Lipinski definition) is 3. The summed E-state index contributed by atoms with van der Waals surface area (Å²) in [6.07, 6.45) is 5.16. The van der Waals surface area contributed by atoms with Crippen LogP contribution in [-0.4, -0.2) is 40.6 Å². The molecule has 27 heavy (non-hydrogen) atoms. The topological polar surface area (TPSA) is 61.0 Å². The zero-order chi connectivity index (χ0) is 19.2. The van der Waals surface area contributed by atoms with Crippen LogP contribution < -0.4 is 5.32 Å². The standard InChI is InChI=1S/C21H29FN4O/c1-15-19(16(2)25-24-15)7-6-12-23-21(27)20(26-13-4-3-5-14-26)17-8-10-18(22)11-9-17/h8-11,20H,3-7,12-14H2,1-2H3,(H,23,27)(H,24,25). The summed E-state index contributed by atoms with van der Waals surface area (Å²) >= 11 is 0. The molecule has 1 saturated heterocycles. The van der Waals surface area contributed by atoms with E-state index in [9.17, 15) is 9.18 Å². The van der Waals surface area contributed by atoms with Crippen LogP contribution in [0.2, 0.25) is 0 Å². The van der Waals surface area contributed by atoms with E-state index >= 15 is 0 Å². The summed E-state index contributed by atoms with van der Waals surface area (Å²) in [5, 5.41) is 10.3. The Bertz CT molecular complexity index is 731. The number of H-pyrrole nitrogens is 1. The molecule has 1 aliphatic heterocycles. The molecule has 5 nitrogen and oxygen atoms in total. The van der Waals surface area contributed by atoms with Crippen molar-refractivity contribution in [1.82, 2.24) is 20.4 Å². The van der Waals surface area contributed by atoms with Crippen LogP contribution in [0.25, 0.3) is 0 Å². The van der Waals surface area contributed by atoms with Crippen LogP contribution in [-0.2, 0) is 11.2 Å². The number of rotatable bonds is 7. The van der Waals surface area contributed by atoms with E-state index in [1.54, 1.807) is 12.1 Å². The van der Waals surface area contributed by atoms with Gasteiger partial charge in [0.25, 0.3) is 0 Å². The van der Waals surface area contributed by atoms with Crippen LogP contribution in [0.4, 0.5) is 4.39 Å². The minimum absolute atomic E-state index is 0.00384. The molecule has 0 bridgehead atoms. The number of amides is 1. The third-order valence-electron chi connectivity index (χ3n) is 5.37. The van der Waals surface area contributed by atoms with Crippen LogP contribution in [0, 0.1) is 19.7 Å². The number of likely N-dealkylation sites (tertiary alicyclic amines) is 1. The molecule has 1 aromatic heterocycles. The van der Waals surface area contributed by atoms with Crippen molar-refractivity contribution < 1.29 is 9.18 Å². The lowest BCUT2D eigenvalue weighted by Gasteiger charge is -2.34. The molecule has 2 N–H and O–H groups in total. The number of halogens is 1. The molecular weight excluding hydrogens is 343 g/mol. The third kappa shape index (κ3) is 4.95. The average Bonchev–Trinajstić information content (AvgIpc) is 2.99. The van der Waals surface area contributed by atoms with E-state index in [-0.39, 0.29) is 17.8 Å². The zero-order valence-corrected chi connectivity index (χ0v) is 16.2. The van der Waals surface area contributed by atoms with Gasteiger partial charge in [-0.1, -0.05) is 18.6 Å². The fourth-order valence-electron chi connectivity index (χ4n) is 3.87. The zero-order valence-electron chi connectivity index (χ0n) is 16.2. The van der Waals surface area contributed by atoms with Crippen LogP contribution in [0.1, 0.15) is 54.2 Å². The van der Waals surface area contributed by atoms with Gasteiger partial charge in [0.1, 0.15) is 11.9 Å². The monoisotopic (exact) mass is 372 g/mol. The SMILES string of the molecule is Cc1n[nH]c(C)c1CCCNC(=O)C(c1ccc(F)cc1)N1CCCCC1. The highest BCUT2D eigenvalue weighted by molar-refractivity contribution is 5.83. The maximum Gasteiger partial charge on any atom is 0.241 e. The van der Waals surface area contributed by atoms with Crippen molar-refractivity contribution in [3.8, 4) is 0 Å². The number of aryl methyl sites for hydroxylation is 2. The predicted molar refractivity (Wildman–Crippen MR) is 104 cm³/mol. The fraction of sp³-hybridized carbons (Fsp3) is 0.524. The molecule has 6 heteroatoms. The van der Waals surface area contributed by atoms with Crippen molar-refractivity contribution in [3.63, 3.8) is 0 Å². The lowest BCUT2D eigenvalue weighted by Crippen LogP contribution is -2.43. The van der Waals surface area contributed by atoms with Gasteiger partial charge in [-0.05, 0) is 75.9 Å². The normalized spacial score (nSPS) is 16.3. The van der Waals surface area contributed by atoms with Gasteiger partial charge in [-0.15, -0.1) is 0 Å². The number of aromatic nitrogens is 2. The maximum absolute atomic E-state index is 13.3. The molecule has 1 fully saturated rings. The molecule has 0 spiro atoms. The van der Waals surface area contributed by atoms with Crippen molar-refractivity contribution in [2.45, 2.75) is 52.0 Å². The first-order valence-corrected chi connectivity index (χ1v) is 9.84. The lowest BCUT2D eigenvalue weighted by atomic mass is 10.0. The highest BCUT2D eigenvalue weighted by Crippen LogP contribution is 2.25. The number of nitrogens with zero attached hydrogens (tertiary/aromatic N) is 2. The molecule has 2 aromatic rings. The first-order chi connectivity index (χ1) is 13.1. The summed E-state index contributed by atoms with van der Waals surface area (Å²) in [7, 11) is 0. The average molecular weight is 372 g/mol.